The number of rotatable bonds is 9. The maximum atomic E-state index is 11.1. The van der Waals surface area contributed by atoms with E-state index in [0.717, 1.165) is 47.2 Å². The number of carboxylic acids is 1. The number of carboxylic acid groups (broad SMARTS) is 1. The number of hydrogen-bond donors (Lipinski definition) is 2. The van der Waals surface area contributed by atoms with Crippen LogP contribution in [0.2, 0.25) is 0 Å². The fourth-order valence-corrected chi connectivity index (χ4v) is 3.98. The number of aliphatic carboxylic acids is 1. The van der Waals surface area contributed by atoms with E-state index in [1.807, 2.05) is 42.5 Å². The molecule has 0 bridgehead atoms. The van der Waals surface area contributed by atoms with Gasteiger partial charge < -0.3 is 9.67 Å². The lowest BCUT2D eigenvalue weighted by molar-refractivity contribution is -0.137. The summed E-state index contributed by atoms with van der Waals surface area (Å²) in [6.07, 6.45) is 3.51. The Bertz CT molecular complexity index is 1140. The van der Waals surface area contributed by atoms with Gasteiger partial charge in [-0.1, -0.05) is 49.7 Å². The standard InChI is InChI=1S/C22H24N6O2/c1-2-8-15(9-7-14-20(29)30)28-19-13-6-5-12-18(19)23-22(28)17-11-4-3-10-16(17)21-24-26-27-25-21/h3-6,10-13,15H,2,7-9,14H2,1H3,(H,29,30)(H,24,25,26,27). The van der Waals surface area contributed by atoms with E-state index in [2.05, 4.69) is 38.2 Å². The van der Waals surface area contributed by atoms with Crippen molar-refractivity contribution >= 4 is 17.0 Å². The van der Waals surface area contributed by atoms with Crippen molar-refractivity contribution in [2.45, 2.75) is 45.1 Å². The van der Waals surface area contributed by atoms with Crippen molar-refractivity contribution in [3.8, 4) is 22.8 Å². The van der Waals surface area contributed by atoms with E-state index in [0.29, 0.717) is 12.2 Å². The van der Waals surface area contributed by atoms with Gasteiger partial charge in [0, 0.05) is 23.6 Å². The first-order valence-corrected chi connectivity index (χ1v) is 10.2. The van der Waals surface area contributed by atoms with Crippen molar-refractivity contribution in [2.24, 2.45) is 0 Å². The van der Waals surface area contributed by atoms with Gasteiger partial charge in [-0.05, 0) is 36.6 Å². The molecule has 2 aromatic heterocycles. The molecule has 0 aliphatic rings. The van der Waals surface area contributed by atoms with Crippen LogP contribution in [0.4, 0.5) is 0 Å². The number of hydrogen-bond acceptors (Lipinski definition) is 5. The number of imidazole rings is 1. The Kier molecular flexibility index (Phi) is 5.83. The van der Waals surface area contributed by atoms with E-state index < -0.39 is 5.97 Å². The topological polar surface area (TPSA) is 110 Å². The highest BCUT2D eigenvalue weighted by Crippen LogP contribution is 2.36. The van der Waals surface area contributed by atoms with Gasteiger partial charge in [-0.25, -0.2) is 4.98 Å². The summed E-state index contributed by atoms with van der Waals surface area (Å²) in [5, 5.41) is 23.6. The number of aromatic amines is 1. The smallest absolute Gasteiger partial charge is 0.303 e. The minimum absolute atomic E-state index is 0.148. The van der Waals surface area contributed by atoms with Crippen LogP contribution < -0.4 is 0 Å². The molecule has 0 amide bonds. The normalized spacial score (nSPS) is 12.3. The quantitative estimate of drug-likeness (QED) is 0.426. The zero-order valence-corrected chi connectivity index (χ0v) is 16.8. The van der Waals surface area contributed by atoms with Crippen LogP contribution in [-0.4, -0.2) is 41.3 Å². The monoisotopic (exact) mass is 404 g/mol. The number of para-hydroxylation sites is 2. The molecule has 154 valence electrons. The molecular weight excluding hydrogens is 380 g/mol. The molecule has 0 spiro atoms. The molecule has 2 heterocycles. The molecule has 0 radical (unpaired) electrons. The molecule has 0 saturated carbocycles. The third kappa shape index (κ3) is 3.94. The van der Waals surface area contributed by atoms with Crippen molar-refractivity contribution in [1.82, 2.24) is 30.2 Å². The van der Waals surface area contributed by atoms with E-state index in [-0.39, 0.29) is 12.5 Å². The third-order valence-electron chi connectivity index (χ3n) is 5.27. The lowest BCUT2D eigenvalue weighted by Crippen LogP contribution is -2.12. The maximum absolute atomic E-state index is 11.1. The highest BCUT2D eigenvalue weighted by molar-refractivity contribution is 5.85. The van der Waals surface area contributed by atoms with E-state index >= 15 is 0 Å². The van der Waals surface area contributed by atoms with E-state index in [1.165, 1.54) is 0 Å². The van der Waals surface area contributed by atoms with Crippen molar-refractivity contribution in [3.05, 3.63) is 48.5 Å². The van der Waals surface area contributed by atoms with Gasteiger partial charge >= 0.3 is 5.97 Å². The van der Waals surface area contributed by atoms with E-state index in [9.17, 15) is 4.79 Å². The molecule has 8 nitrogen and oxygen atoms in total. The number of nitrogens with zero attached hydrogens (tertiary/aromatic N) is 5. The highest BCUT2D eigenvalue weighted by atomic mass is 16.4. The summed E-state index contributed by atoms with van der Waals surface area (Å²) in [5.41, 5.74) is 3.73. The molecule has 1 unspecified atom stereocenters. The average Bonchev–Trinajstić information content (AvgIpc) is 3.41. The summed E-state index contributed by atoms with van der Waals surface area (Å²) >= 11 is 0. The molecule has 2 N–H and O–H groups in total. The van der Waals surface area contributed by atoms with Crippen molar-refractivity contribution in [1.29, 1.82) is 0 Å². The molecule has 4 aromatic rings. The van der Waals surface area contributed by atoms with Gasteiger partial charge in [0.25, 0.3) is 0 Å². The van der Waals surface area contributed by atoms with Gasteiger partial charge in [0.15, 0.2) is 0 Å². The summed E-state index contributed by atoms with van der Waals surface area (Å²) < 4.78 is 2.26. The van der Waals surface area contributed by atoms with Crippen molar-refractivity contribution in [2.75, 3.05) is 0 Å². The largest absolute Gasteiger partial charge is 0.481 e. The first-order valence-electron chi connectivity index (χ1n) is 10.2. The molecule has 0 aliphatic carbocycles. The van der Waals surface area contributed by atoms with Crippen LogP contribution in [0.15, 0.2) is 48.5 Å². The van der Waals surface area contributed by atoms with E-state index in [4.69, 9.17) is 10.1 Å². The van der Waals surface area contributed by atoms with Gasteiger partial charge in [-0.3, -0.25) is 4.79 Å². The Morgan fingerprint density at radius 1 is 1.10 bits per heavy atom. The van der Waals surface area contributed by atoms with Gasteiger partial charge in [0.1, 0.15) is 5.82 Å². The molecular formula is C22H24N6O2. The van der Waals surface area contributed by atoms with E-state index in [1.54, 1.807) is 0 Å². The zero-order valence-electron chi connectivity index (χ0n) is 16.8. The first-order chi connectivity index (χ1) is 14.7. The number of aromatic nitrogens is 6. The van der Waals surface area contributed by atoms with Gasteiger partial charge in [0.05, 0.1) is 11.0 Å². The average molecular weight is 404 g/mol. The third-order valence-corrected chi connectivity index (χ3v) is 5.27. The van der Waals surface area contributed by atoms with Crippen molar-refractivity contribution in [3.63, 3.8) is 0 Å². The second-order valence-corrected chi connectivity index (χ2v) is 7.30. The Labute approximate surface area is 174 Å². The molecule has 0 saturated heterocycles. The minimum atomic E-state index is -0.761. The highest BCUT2D eigenvalue weighted by Gasteiger charge is 2.22. The summed E-state index contributed by atoms with van der Waals surface area (Å²) in [7, 11) is 0. The summed E-state index contributed by atoms with van der Waals surface area (Å²) in [4.78, 5) is 16.0. The second-order valence-electron chi connectivity index (χ2n) is 7.30. The van der Waals surface area contributed by atoms with Crippen LogP contribution in [0.3, 0.4) is 0 Å². The van der Waals surface area contributed by atoms with Gasteiger partial charge in [-0.15, -0.1) is 10.2 Å². The number of tetrazole rings is 1. The fourth-order valence-electron chi connectivity index (χ4n) is 3.98. The molecule has 0 aliphatic heterocycles. The second kappa shape index (κ2) is 8.86. The summed E-state index contributed by atoms with van der Waals surface area (Å²) in [6.45, 7) is 2.15. The van der Waals surface area contributed by atoms with Crippen LogP contribution in [0.1, 0.15) is 45.1 Å². The number of carbonyl (C=O) groups is 1. The minimum Gasteiger partial charge on any atom is -0.481 e. The van der Waals surface area contributed by atoms with Crippen LogP contribution in [0.25, 0.3) is 33.8 Å². The Hall–Kier alpha value is -3.55. The first kappa shape index (κ1) is 19.8. The molecule has 0 fully saturated rings. The predicted molar refractivity (Wildman–Crippen MR) is 114 cm³/mol. The number of fused-ring (bicyclic) bond motifs is 1. The molecule has 30 heavy (non-hydrogen) atoms. The summed E-state index contributed by atoms with van der Waals surface area (Å²) in [5.74, 6) is 0.593. The van der Waals surface area contributed by atoms with Crippen LogP contribution in [0, 0.1) is 0 Å². The SMILES string of the molecule is CCCC(CCCC(=O)O)n1c(-c2ccccc2-c2nn[nH]n2)nc2ccccc21. The van der Waals surface area contributed by atoms with Crippen LogP contribution in [0.5, 0.6) is 0 Å². The van der Waals surface area contributed by atoms with Crippen molar-refractivity contribution < 1.29 is 9.90 Å². The van der Waals surface area contributed by atoms with Gasteiger partial charge in [-0.2, -0.15) is 5.21 Å². The molecule has 2 aromatic carbocycles. The van der Waals surface area contributed by atoms with Crippen LogP contribution in [-0.2, 0) is 4.79 Å². The Morgan fingerprint density at radius 2 is 1.87 bits per heavy atom. The Balaban J connectivity index is 1.86. The fraction of sp³-hybridized carbons (Fsp3) is 0.318. The van der Waals surface area contributed by atoms with Gasteiger partial charge in [0.2, 0.25) is 5.82 Å². The number of nitrogens with one attached hydrogen (secondary N) is 1. The number of benzene rings is 2. The number of H-pyrrole nitrogens is 1. The predicted octanol–water partition coefficient (Wildman–Crippen LogP) is 4.48. The summed E-state index contributed by atoms with van der Waals surface area (Å²) in [6, 6.07) is 16.1. The molecule has 4 rings (SSSR count). The lowest BCUT2D eigenvalue weighted by atomic mass is 10.0. The Morgan fingerprint density at radius 3 is 2.60 bits per heavy atom. The zero-order chi connectivity index (χ0) is 20.9. The molecule has 8 heteroatoms. The lowest BCUT2D eigenvalue weighted by Gasteiger charge is -2.22. The maximum Gasteiger partial charge on any atom is 0.303 e. The molecule has 1 atom stereocenters. The van der Waals surface area contributed by atoms with Crippen LogP contribution >= 0.6 is 0 Å².